The number of hydrogen-bond donors (Lipinski definition) is 1. The van der Waals surface area contributed by atoms with Crippen molar-refractivity contribution < 1.29 is 9.84 Å². The van der Waals surface area contributed by atoms with E-state index in [9.17, 15) is 0 Å². The fraction of sp³-hybridized carbons (Fsp3) is 0.0588. The quantitative estimate of drug-likeness (QED) is 0.739. The lowest BCUT2D eigenvalue weighted by Crippen LogP contribution is -1.84. The van der Waals surface area contributed by atoms with Gasteiger partial charge >= 0.3 is 0 Å². The molecule has 3 rings (SSSR count). The molecule has 0 aliphatic heterocycles. The molecule has 0 aliphatic rings. The molecule has 0 heterocycles. The maximum absolute atomic E-state index is 7.00. The summed E-state index contributed by atoms with van der Waals surface area (Å²) in [5.74, 6) is 1.76. The molecule has 0 bridgehead atoms. The highest BCUT2D eigenvalue weighted by atomic mass is 16.5. The van der Waals surface area contributed by atoms with Crippen molar-refractivity contribution in [1.29, 1.82) is 0 Å². The van der Waals surface area contributed by atoms with Gasteiger partial charge in [0.05, 0.1) is 0 Å². The van der Waals surface area contributed by atoms with Crippen LogP contribution in [0.1, 0.15) is 0 Å². The second kappa shape index (κ2) is 6.57. The van der Waals surface area contributed by atoms with Gasteiger partial charge in [-0.25, -0.2) is 0 Å². The monoisotopic (exact) mass is 252 g/mol. The molecule has 0 saturated heterocycles. The van der Waals surface area contributed by atoms with Crippen LogP contribution in [0.4, 0.5) is 0 Å². The molecule has 0 unspecified atom stereocenters. The number of para-hydroxylation sites is 1. The lowest BCUT2D eigenvalue weighted by molar-refractivity contribution is 0.399. The van der Waals surface area contributed by atoms with E-state index in [1.807, 2.05) is 54.6 Å². The lowest BCUT2D eigenvalue weighted by atomic mass is 10.1. The number of hydrogen-bond acceptors (Lipinski definition) is 2. The predicted molar refractivity (Wildman–Crippen MR) is 78.6 cm³/mol. The van der Waals surface area contributed by atoms with E-state index >= 15 is 0 Å². The smallest absolute Gasteiger partial charge is 0.135 e. The molecule has 3 aromatic carbocycles. The second-order valence-electron chi connectivity index (χ2n) is 3.89. The van der Waals surface area contributed by atoms with Crippen LogP contribution in [0.25, 0.3) is 10.8 Å². The van der Waals surface area contributed by atoms with E-state index in [4.69, 9.17) is 9.84 Å². The van der Waals surface area contributed by atoms with E-state index in [1.54, 1.807) is 0 Å². The average Bonchev–Trinajstić information content (AvgIpc) is 2.51. The standard InChI is InChI=1S/C16H12O.CH4O/c1-2-9-14(10-3-1)17-16-12-6-8-13-7-4-5-11-15(13)16;1-2/h1-12H;2H,1H3. The third kappa shape index (κ3) is 3.12. The largest absolute Gasteiger partial charge is 0.457 e. The van der Waals surface area contributed by atoms with Gasteiger partial charge in [-0.3, -0.25) is 0 Å². The summed E-state index contributed by atoms with van der Waals surface area (Å²) in [4.78, 5) is 0. The zero-order valence-electron chi connectivity index (χ0n) is 10.8. The second-order valence-corrected chi connectivity index (χ2v) is 3.89. The van der Waals surface area contributed by atoms with Crippen molar-refractivity contribution in [2.75, 3.05) is 7.11 Å². The molecule has 0 saturated carbocycles. The van der Waals surface area contributed by atoms with E-state index < -0.39 is 0 Å². The first-order chi connectivity index (χ1) is 9.43. The van der Waals surface area contributed by atoms with Crippen LogP contribution in [0.3, 0.4) is 0 Å². The minimum absolute atomic E-state index is 0.865. The molecule has 0 radical (unpaired) electrons. The number of aliphatic hydroxyl groups is 1. The Morgan fingerprint density at radius 2 is 1.32 bits per heavy atom. The van der Waals surface area contributed by atoms with Gasteiger partial charge in [-0.15, -0.1) is 0 Å². The van der Waals surface area contributed by atoms with Crippen LogP contribution in [0.5, 0.6) is 11.5 Å². The van der Waals surface area contributed by atoms with Gasteiger partial charge in [0.2, 0.25) is 0 Å². The van der Waals surface area contributed by atoms with Crippen molar-refractivity contribution in [3.8, 4) is 11.5 Å². The first kappa shape index (κ1) is 13.1. The topological polar surface area (TPSA) is 29.5 Å². The summed E-state index contributed by atoms with van der Waals surface area (Å²) in [5.41, 5.74) is 0. The molecule has 0 fully saturated rings. The summed E-state index contributed by atoms with van der Waals surface area (Å²) in [7, 11) is 1.00. The maximum atomic E-state index is 7.00. The molecular weight excluding hydrogens is 236 g/mol. The van der Waals surface area contributed by atoms with Crippen LogP contribution in [-0.2, 0) is 0 Å². The van der Waals surface area contributed by atoms with Crippen molar-refractivity contribution >= 4 is 10.8 Å². The number of aliphatic hydroxyl groups excluding tert-OH is 1. The molecule has 2 nitrogen and oxygen atoms in total. The SMILES string of the molecule is CO.c1ccc(Oc2cccc3ccccc23)cc1. The molecule has 0 aliphatic carbocycles. The Labute approximate surface area is 112 Å². The van der Waals surface area contributed by atoms with E-state index in [2.05, 4.69) is 18.2 Å². The Hall–Kier alpha value is -2.32. The van der Waals surface area contributed by atoms with E-state index in [0.717, 1.165) is 24.0 Å². The first-order valence-electron chi connectivity index (χ1n) is 6.09. The normalized spacial score (nSPS) is 9.58. The van der Waals surface area contributed by atoms with Crippen LogP contribution in [0, 0.1) is 0 Å². The highest BCUT2D eigenvalue weighted by molar-refractivity contribution is 5.88. The molecule has 0 amide bonds. The minimum Gasteiger partial charge on any atom is -0.457 e. The van der Waals surface area contributed by atoms with Gasteiger partial charge in [0.25, 0.3) is 0 Å². The van der Waals surface area contributed by atoms with Gasteiger partial charge in [-0.2, -0.15) is 0 Å². The highest BCUT2D eigenvalue weighted by Crippen LogP contribution is 2.29. The molecule has 3 aromatic rings. The zero-order chi connectivity index (χ0) is 13.5. The van der Waals surface area contributed by atoms with Crippen molar-refractivity contribution in [2.24, 2.45) is 0 Å². The van der Waals surface area contributed by atoms with Gasteiger partial charge in [0, 0.05) is 12.5 Å². The molecule has 2 heteroatoms. The van der Waals surface area contributed by atoms with Crippen LogP contribution in [0.2, 0.25) is 0 Å². The zero-order valence-corrected chi connectivity index (χ0v) is 10.8. The number of benzene rings is 3. The van der Waals surface area contributed by atoms with Gasteiger partial charge < -0.3 is 9.84 Å². The van der Waals surface area contributed by atoms with E-state index in [0.29, 0.717) is 0 Å². The molecule has 0 aromatic heterocycles. The van der Waals surface area contributed by atoms with Crippen molar-refractivity contribution in [2.45, 2.75) is 0 Å². The predicted octanol–water partition coefficient (Wildman–Crippen LogP) is 4.24. The highest BCUT2D eigenvalue weighted by Gasteiger charge is 2.01. The van der Waals surface area contributed by atoms with E-state index in [1.165, 1.54) is 5.39 Å². The molecule has 0 atom stereocenters. The fourth-order valence-electron chi connectivity index (χ4n) is 1.90. The summed E-state index contributed by atoms with van der Waals surface area (Å²) in [6, 6.07) is 24.2. The number of ether oxygens (including phenoxy) is 1. The van der Waals surface area contributed by atoms with Crippen molar-refractivity contribution in [1.82, 2.24) is 0 Å². The molecule has 19 heavy (non-hydrogen) atoms. The fourth-order valence-corrected chi connectivity index (χ4v) is 1.90. The third-order valence-corrected chi connectivity index (χ3v) is 2.72. The van der Waals surface area contributed by atoms with Crippen LogP contribution < -0.4 is 4.74 Å². The molecule has 1 N–H and O–H groups in total. The van der Waals surface area contributed by atoms with Gasteiger partial charge in [0.15, 0.2) is 0 Å². The van der Waals surface area contributed by atoms with Gasteiger partial charge in [-0.05, 0) is 23.6 Å². The summed E-state index contributed by atoms with van der Waals surface area (Å²) in [5, 5.41) is 9.33. The maximum Gasteiger partial charge on any atom is 0.135 e. The van der Waals surface area contributed by atoms with Crippen molar-refractivity contribution in [3.05, 3.63) is 72.8 Å². The average molecular weight is 252 g/mol. The van der Waals surface area contributed by atoms with Crippen LogP contribution in [-0.4, -0.2) is 12.2 Å². The summed E-state index contributed by atoms with van der Waals surface area (Å²) in [6.07, 6.45) is 0. The Kier molecular flexibility index (Phi) is 4.54. The van der Waals surface area contributed by atoms with Crippen molar-refractivity contribution in [3.63, 3.8) is 0 Å². The Bertz CT molecular complexity index is 628. The van der Waals surface area contributed by atoms with Gasteiger partial charge in [0.1, 0.15) is 11.5 Å². The van der Waals surface area contributed by atoms with Crippen LogP contribution in [0.15, 0.2) is 72.8 Å². The third-order valence-electron chi connectivity index (χ3n) is 2.72. The molecular formula is C17H16O2. The van der Waals surface area contributed by atoms with Crippen LogP contribution >= 0.6 is 0 Å². The molecule has 96 valence electrons. The van der Waals surface area contributed by atoms with E-state index in [-0.39, 0.29) is 0 Å². The Balaban J connectivity index is 0.000000637. The lowest BCUT2D eigenvalue weighted by Gasteiger charge is -2.08. The Morgan fingerprint density at radius 3 is 2.11 bits per heavy atom. The first-order valence-corrected chi connectivity index (χ1v) is 6.09. The number of rotatable bonds is 2. The number of fused-ring (bicyclic) bond motifs is 1. The summed E-state index contributed by atoms with van der Waals surface area (Å²) < 4.78 is 5.89. The minimum atomic E-state index is 0.865. The summed E-state index contributed by atoms with van der Waals surface area (Å²) in [6.45, 7) is 0. The van der Waals surface area contributed by atoms with Gasteiger partial charge in [-0.1, -0.05) is 54.6 Å². The molecule has 0 spiro atoms. The Morgan fingerprint density at radius 1 is 0.684 bits per heavy atom. The summed E-state index contributed by atoms with van der Waals surface area (Å²) >= 11 is 0.